The highest BCUT2D eigenvalue weighted by Crippen LogP contribution is 2.28. The maximum atomic E-state index is 14.3. The number of halogens is 1. The van der Waals surface area contributed by atoms with Gasteiger partial charge in [-0.1, -0.05) is 0 Å². The van der Waals surface area contributed by atoms with Crippen LogP contribution in [0.15, 0.2) is 42.6 Å². The summed E-state index contributed by atoms with van der Waals surface area (Å²) in [6.45, 7) is 1.36. The molecule has 1 fully saturated rings. The Kier molecular flexibility index (Phi) is 4.16. The Morgan fingerprint density at radius 2 is 2.19 bits per heavy atom. The van der Waals surface area contributed by atoms with Crippen molar-refractivity contribution < 1.29 is 9.31 Å². The number of nitrogens with zero attached hydrogens (tertiary/aromatic N) is 3. The van der Waals surface area contributed by atoms with Crippen LogP contribution in [0.3, 0.4) is 0 Å². The molecule has 7 nitrogen and oxygen atoms in total. The van der Waals surface area contributed by atoms with E-state index in [9.17, 15) is 14.5 Å². The predicted molar refractivity (Wildman–Crippen MR) is 98.0 cm³/mol. The molecule has 2 heterocycles. The average molecular weight is 355 g/mol. The first-order chi connectivity index (χ1) is 12.6. The molecule has 1 aromatic heterocycles. The molecule has 0 amide bonds. The number of fused-ring (bicyclic) bond motifs is 1. The van der Waals surface area contributed by atoms with Gasteiger partial charge in [-0.15, -0.1) is 0 Å². The number of nitrogens with one attached hydrogen (secondary N) is 2. The molecule has 0 saturated carbocycles. The summed E-state index contributed by atoms with van der Waals surface area (Å²) in [4.78, 5) is 12.1. The average Bonchev–Trinajstić information content (AvgIpc) is 3.09. The second kappa shape index (κ2) is 6.62. The second-order valence-corrected chi connectivity index (χ2v) is 6.49. The number of piperidine rings is 1. The number of hydrogen-bond donors (Lipinski definition) is 2. The smallest absolute Gasteiger partial charge is 0.272 e. The summed E-state index contributed by atoms with van der Waals surface area (Å²) in [5.74, 6) is -0.557. The fourth-order valence-corrected chi connectivity index (χ4v) is 3.44. The van der Waals surface area contributed by atoms with Crippen LogP contribution < -0.4 is 10.2 Å². The third kappa shape index (κ3) is 3.17. The SMILES string of the molecule is O=[N+]([O-])c1ccc(N2CCCC(Nc3ccc4cn[nH]c4c3)C2)c(F)c1. The number of rotatable bonds is 4. The van der Waals surface area contributed by atoms with Gasteiger partial charge < -0.3 is 10.2 Å². The number of hydrogen-bond acceptors (Lipinski definition) is 5. The van der Waals surface area contributed by atoms with E-state index in [1.54, 1.807) is 6.20 Å². The van der Waals surface area contributed by atoms with E-state index in [1.807, 2.05) is 23.1 Å². The topological polar surface area (TPSA) is 87.1 Å². The zero-order valence-corrected chi connectivity index (χ0v) is 14.0. The van der Waals surface area contributed by atoms with Gasteiger partial charge in [0.15, 0.2) is 5.82 Å². The minimum atomic E-state index is -0.584. The lowest BCUT2D eigenvalue weighted by atomic mass is 10.0. The third-order valence-electron chi connectivity index (χ3n) is 4.72. The number of anilines is 2. The fourth-order valence-electron chi connectivity index (χ4n) is 3.44. The van der Waals surface area contributed by atoms with Crippen molar-refractivity contribution in [2.24, 2.45) is 0 Å². The van der Waals surface area contributed by atoms with Crippen molar-refractivity contribution in [3.05, 3.63) is 58.5 Å². The van der Waals surface area contributed by atoms with Crippen molar-refractivity contribution in [1.29, 1.82) is 0 Å². The lowest BCUT2D eigenvalue weighted by molar-refractivity contribution is -0.385. The van der Waals surface area contributed by atoms with E-state index in [4.69, 9.17) is 0 Å². The quantitative estimate of drug-likeness (QED) is 0.550. The normalized spacial score (nSPS) is 17.4. The van der Waals surface area contributed by atoms with Crippen LogP contribution in [0, 0.1) is 15.9 Å². The number of nitro benzene ring substituents is 1. The van der Waals surface area contributed by atoms with E-state index in [0.717, 1.165) is 42.0 Å². The maximum absolute atomic E-state index is 14.3. The molecule has 0 bridgehead atoms. The second-order valence-electron chi connectivity index (χ2n) is 6.49. The van der Waals surface area contributed by atoms with Crippen molar-refractivity contribution in [3.63, 3.8) is 0 Å². The molecule has 4 rings (SSSR count). The Balaban J connectivity index is 1.49. The Morgan fingerprint density at radius 3 is 3.00 bits per heavy atom. The van der Waals surface area contributed by atoms with Crippen LogP contribution in [0.5, 0.6) is 0 Å². The van der Waals surface area contributed by atoms with Gasteiger partial charge in [0.1, 0.15) is 0 Å². The molecule has 0 spiro atoms. The summed E-state index contributed by atoms with van der Waals surface area (Å²) >= 11 is 0. The summed E-state index contributed by atoms with van der Waals surface area (Å²) in [7, 11) is 0. The van der Waals surface area contributed by atoms with Crippen molar-refractivity contribution in [1.82, 2.24) is 10.2 Å². The van der Waals surface area contributed by atoms with Crippen molar-refractivity contribution >= 4 is 28.0 Å². The molecule has 0 aliphatic carbocycles. The Labute approximate surface area is 149 Å². The zero-order valence-electron chi connectivity index (χ0n) is 14.0. The molecular formula is C18H18FN5O2. The standard InChI is InChI=1S/C18H18FN5O2/c19-16-9-15(24(25)26)5-6-18(16)23-7-1-2-14(11-23)21-13-4-3-12-10-20-22-17(12)8-13/h3-6,8-10,14,21H,1-2,7,11H2,(H,20,22). The maximum Gasteiger partial charge on any atom is 0.272 e. The molecule has 134 valence electrons. The predicted octanol–water partition coefficient (Wildman–Crippen LogP) is 3.69. The Morgan fingerprint density at radius 1 is 1.31 bits per heavy atom. The van der Waals surface area contributed by atoms with E-state index in [1.165, 1.54) is 12.1 Å². The van der Waals surface area contributed by atoms with E-state index < -0.39 is 10.7 Å². The lowest BCUT2D eigenvalue weighted by Crippen LogP contribution is -2.42. The van der Waals surface area contributed by atoms with Crippen molar-refractivity contribution in [2.45, 2.75) is 18.9 Å². The van der Waals surface area contributed by atoms with Crippen LogP contribution in [0.2, 0.25) is 0 Å². The number of non-ortho nitro benzene ring substituents is 1. The molecule has 1 atom stereocenters. The van der Waals surface area contributed by atoms with Gasteiger partial charge in [0.05, 0.1) is 28.4 Å². The first-order valence-corrected chi connectivity index (χ1v) is 8.49. The van der Waals surface area contributed by atoms with E-state index in [0.29, 0.717) is 12.2 Å². The molecule has 1 saturated heterocycles. The molecule has 3 aromatic rings. The lowest BCUT2D eigenvalue weighted by Gasteiger charge is -2.35. The first kappa shape index (κ1) is 16.3. The van der Waals surface area contributed by atoms with Gasteiger partial charge in [-0.25, -0.2) is 4.39 Å². The van der Waals surface area contributed by atoms with Gasteiger partial charge in [0.25, 0.3) is 5.69 Å². The highest BCUT2D eigenvalue weighted by molar-refractivity contribution is 5.81. The van der Waals surface area contributed by atoms with Gasteiger partial charge in [0.2, 0.25) is 0 Å². The summed E-state index contributed by atoms with van der Waals surface area (Å²) in [5, 5.41) is 22.3. The van der Waals surface area contributed by atoms with Gasteiger partial charge in [0, 0.05) is 36.3 Å². The van der Waals surface area contributed by atoms with Crippen LogP contribution in [0.25, 0.3) is 10.9 Å². The minimum absolute atomic E-state index is 0.165. The van der Waals surface area contributed by atoms with E-state index >= 15 is 0 Å². The molecule has 1 aliphatic heterocycles. The molecule has 2 aromatic carbocycles. The largest absolute Gasteiger partial charge is 0.380 e. The molecule has 1 unspecified atom stereocenters. The summed E-state index contributed by atoms with van der Waals surface area (Å²) in [6.07, 6.45) is 3.67. The highest BCUT2D eigenvalue weighted by Gasteiger charge is 2.23. The third-order valence-corrected chi connectivity index (χ3v) is 4.72. The highest BCUT2D eigenvalue weighted by atomic mass is 19.1. The molecular weight excluding hydrogens is 337 g/mol. The fraction of sp³-hybridized carbons (Fsp3) is 0.278. The molecule has 26 heavy (non-hydrogen) atoms. The number of benzene rings is 2. The van der Waals surface area contributed by atoms with Gasteiger partial charge in [-0.05, 0) is 37.1 Å². The van der Waals surface area contributed by atoms with Crippen LogP contribution in [0.1, 0.15) is 12.8 Å². The Bertz CT molecular complexity index is 958. The molecule has 8 heteroatoms. The van der Waals surface area contributed by atoms with E-state index in [2.05, 4.69) is 15.5 Å². The van der Waals surface area contributed by atoms with Crippen LogP contribution >= 0.6 is 0 Å². The van der Waals surface area contributed by atoms with Crippen LogP contribution in [0.4, 0.5) is 21.5 Å². The summed E-state index contributed by atoms with van der Waals surface area (Å²) in [6, 6.07) is 10.0. The van der Waals surface area contributed by atoms with Crippen LogP contribution in [-0.4, -0.2) is 34.3 Å². The van der Waals surface area contributed by atoms with Gasteiger partial charge in [-0.3, -0.25) is 15.2 Å². The zero-order chi connectivity index (χ0) is 18.1. The molecule has 2 N–H and O–H groups in total. The number of aromatic nitrogens is 2. The van der Waals surface area contributed by atoms with Gasteiger partial charge in [-0.2, -0.15) is 5.10 Å². The first-order valence-electron chi connectivity index (χ1n) is 8.49. The minimum Gasteiger partial charge on any atom is -0.380 e. The summed E-state index contributed by atoms with van der Waals surface area (Å²) in [5.41, 5.74) is 2.12. The number of aromatic amines is 1. The van der Waals surface area contributed by atoms with Crippen molar-refractivity contribution in [2.75, 3.05) is 23.3 Å². The van der Waals surface area contributed by atoms with Gasteiger partial charge >= 0.3 is 0 Å². The van der Waals surface area contributed by atoms with Crippen molar-refractivity contribution in [3.8, 4) is 0 Å². The summed E-state index contributed by atoms with van der Waals surface area (Å²) < 4.78 is 14.3. The number of nitro groups is 1. The monoisotopic (exact) mass is 355 g/mol. The number of H-pyrrole nitrogens is 1. The van der Waals surface area contributed by atoms with Crippen LogP contribution in [-0.2, 0) is 0 Å². The Hall–Kier alpha value is -3.16. The molecule has 1 aliphatic rings. The van der Waals surface area contributed by atoms with E-state index in [-0.39, 0.29) is 11.7 Å². The molecule has 0 radical (unpaired) electrons.